The van der Waals surface area contributed by atoms with Gasteiger partial charge in [0.1, 0.15) is 0 Å². The Bertz CT molecular complexity index is 509. The summed E-state index contributed by atoms with van der Waals surface area (Å²) in [6, 6.07) is 4.28. The highest BCUT2D eigenvalue weighted by Gasteiger charge is 2.47. The molecule has 0 amide bonds. The molecule has 4 heteroatoms. The minimum atomic E-state index is -4.26. The van der Waals surface area contributed by atoms with Gasteiger partial charge in [-0.25, -0.2) is 0 Å². The first kappa shape index (κ1) is 14.9. The molecular weight excluding hydrogens is 275 g/mol. The van der Waals surface area contributed by atoms with Gasteiger partial charge in [0.2, 0.25) is 0 Å². The van der Waals surface area contributed by atoms with Gasteiger partial charge in [-0.1, -0.05) is 18.9 Å². The number of rotatable bonds is 2. The Morgan fingerprint density at radius 2 is 1.90 bits per heavy atom. The molecule has 1 aromatic rings. The molecule has 0 spiro atoms. The highest BCUT2D eigenvalue weighted by Crippen LogP contribution is 2.50. The van der Waals surface area contributed by atoms with Crippen LogP contribution in [0.15, 0.2) is 18.2 Å². The van der Waals surface area contributed by atoms with Crippen LogP contribution in [0.4, 0.5) is 13.2 Å². The van der Waals surface area contributed by atoms with E-state index in [1.165, 1.54) is 31.4 Å². The lowest BCUT2D eigenvalue weighted by molar-refractivity contribution is -0.137. The fourth-order valence-electron chi connectivity index (χ4n) is 3.82. The van der Waals surface area contributed by atoms with Gasteiger partial charge in [-0.05, 0) is 68.3 Å². The van der Waals surface area contributed by atoms with Crippen LogP contribution >= 0.6 is 0 Å². The van der Waals surface area contributed by atoms with Gasteiger partial charge >= 0.3 is 6.18 Å². The Morgan fingerprint density at radius 3 is 2.52 bits per heavy atom. The highest BCUT2D eigenvalue weighted by molar-refractivity contribution is 5.39. The summed E-state index contributed by atoms with van der Waals surface area (Å²) in [5.41, 5.74) is 1.22. The summed E-state index contributed by atoms with van der Waals surface area (Å²) >= 11 is 0. The summed E-state index contributed by atoms with van der Waals surface area (Å²) in [6.07, 6.45) is 2.69. The van der Waals surface area contributed by atoms with E-state index in [1.807, 2.05) is 6.92 Å². The van der Waals surface area contributed by atoms with E-state index in [0.717, 1.165) is 36.9 Å². The number of hydrogen-bond acceptors (Lipinski definition) is 1. The first-order valence-electron chi connectivity index (χ1n) is 7.87. The van der Waals surface area contributed by atoms with Gasteiger partial charge in [-0.3, -0.25) is 0 Å². The smallest absolute Gasteiger partial charge is 0.307 e. The van der Waals surface area contributed by atoms with Crippen molar-refractivity contribution in [1.29, 1.82) is 0 Å². The molecule has 1 saturated heterocycles. The van der Waals surface area contributed by atoms with Gasteiger partial charge < -0.3 is 5.32 Å². The van der Waals surface area contributed by atoms with Crippen molar-refractivity contribution in [2.45, 2.75) is 57.2 Å². The molecule has 116 valence electrons. The van der Waals surface area contributed by atoms with E-state index in [0.29, 0.717) is 5.92 Å². The minimum absolute atomic E-state index is 0.0925. The third-order valence-corrected chi connectivity index (χ3v) is 5.00. The average Bonchev–Trinajstić information content (AvgIpc) is 3.24. The van der Waals surface area contributed by atoms with Crippen molar-refractivity contribution < 1.29 is 13.2 Å². The summed E-state index contributed by atoms with van der Waals surface area (Å²) in [7, 11) is 0. The second-order valence-electron chi connectivity index (χ2n) is 6.51. The first-order chi connectivity index (χ1) is 9.93. The van der Waals surface area contributed by atoms with Gasteiger partial charge in [-0.2, -0.15) is 13.2 Å². The zero-order valence-electron chi connectivity index (χ0n) is 12.4. The molecule has 2 aliphatic rings. The Hall–Kier alpha value is -1.03. The highest BCUT2D eigenvalue weighted by atomic mass is 19.4. The topological polar surface area (TPSA) is 12.0 Å². The van der Waals surface area contributed by atoms with E-state index in [9.17, 15) is 13.2 Å². The maximum absolute atomic E-state index is 12.9. The van der Waals surface area contributed by atoms with E-state index < -0.39 is 11.7 Å². The molecule has 1 heterocycles. The molecule has 3 rings (SSSR count). The number of alkyl halides is 3. The molecule has 1 aromatic carbocycles. The largest absolute Gasteiger partial charge is 0.416 e. The standard InChI is InChI=1S/C17H22F3N/c1-12-11-14(17(18,19)20)7-8-15(12)16(13-5-6-13)9-3-2-4-10-21-16/h7-8,11,13,21H,2-6,9-10H2,1H3. The van der Waals surface area contributed by atoms with Crippen LogP contribution in [-0.2, 0) is 11.7 Å². The number of benzene rings is 1. The van der Waals surface area contributed by atoms with E-state index in [2.05, 4.69) is 5.32 Å². The monoisotopic (exact) mass is 297 g/mol. The van der Waals surface area contributed by atoms with Crippen LogP contribution in [0.25, 0.3) is 0 Å². The van der Waals surface area contributed by atoms with Crippen LogP contribution in [-0.4, -0.2) is 6.54 Å². The fourth-order valence-corrected chi connectivity index (χ4v) is 3.82. The van der Waals surface area contributed by atoms with Crippen molar-refractivity contribution in [3.05, 3.63) is 34.9 Å². The van der Waals surface area contributed by atoms with Gasteiger partial charge in [0, 0.05) is 5.54 Å². The van der Waals surface area contributed by atoms with Gasteiger partial charge in [0.05, 0.1) is 5.56 Å². The lowest BCUT2D eigenvalue weighted by atomic mass is 9.78. The fraction of sp³-hybridized carbons (Fsp3) is 0.647. The van der Waals surface area contributed by atoms with E-state index >= 15 is 0 Å². The van der Waals surface area contributed by atoms with Crippen LogP contribution in [0, 0.1) is 12.8 Å². The molecule has 1 atom stereocenters. The summed E-state index contributed by atoms with van der Waals surface area (Å²) in [6.45, 7) is 2.79. The summed E-state index contributed by atoms with van der Waals surface area (Å²) in [4.78, 5) is 0. The molecule has 1 nitrogen and oxygen atoms in total. The molecule has 1 saturated carbocycles. The molecule has 2 fully saturated rings. The third kappa shape index (κ3) is 2.83. The molecular formula is C17H22F3N. The lowest BCUT2D eigenvalue weighted by Gasteiger charge is -2.36. The predicted molar refractivity (Wildman–Crippen MR) is 77.1 cm³/mol. The van der Waals surface area contributed by atoms with Crippen molar-refractivity contribution in [2.24, 2.45) is 5.92 Å². The average molecular weight is 297 g/mol. The second-order valence-corrected chi connectivity index (χ2v) is 6.51. The molecule has 1 aliphatic heterocycles. The van der Waals surface area contributed by atoms with Crippen LogP contribution < -0.4 is 5.32 Å². The SMILES string of the molecule is Cc1cc(C(F)(F)F)ccc1C1(C2CC2)CCCCCN1. The Labute approximate surface area is 123 Å². The third-order valence-electron chi connectivity index (χ3n) is 5.00. The van der Waals surface area contributed by atoms with Gasteiger partial charge in [0.15, 0.2) is 0 Å². The van der Waals surface area contributed by atoms with Gasteiger partial charge in [0.25, 0.3) is 0 Å². The molecule has 1 N–H and O–H groups in total. The Morgan fingerprint density at radius 1 is 1.14 bits per heavy atom. The van der Waals surface area contributed by atoms with E-state index in [4.69, 9.17) is 0 Å². The summed E-state index contributed by atoms with van der Waals surface area (Å²) < 4.78 is 38.6. The molecule has 21 heavy (non-hydrogen) atoms. The molecule has 0 aromatic heterocycles. The minimum Gasteiger partial charge on any atom is -0.307 e. The first-order valence-corrected chi connectivity index (χ1v) is 7.87. The number of halogens is 3. The maximum atomic E-state index is 12.9. The quantitative estimate of drug-likeness (QED) is 0.828. The van der Waals surface area contributed by atoms with Crippen LogP contribution in [0.2, 0.25) is 0 Å². The van der Waals surface area contributed by atoms with Gasteiger partial charge in [-0.15, -0.1) is 0 Å². The van der Waals surface area contributed by atoms with Crippen molar-refractivity contribution >= 4 is 0 Å². The Kier molecular flexibility index (Phi) is 3.76. The van der Waals surface area contributed by atoms with Crippen LogP contribution in [0.1, 0.15) is 55.2 Å². The van der Waals surface area contributed by atoms with Crippen molar-refractivity contribution in [3.63, 3.8) is 0 Å². The number of aryl methyl sites for hydroxylation is 1. The second kappa shape index (κ2) is 5.31. The van der Waals surface area contributed by atoms with Crippen molar-refractivity contribution in [2.75, 3.05) is 6.54 Å². The molecule has 1 aliphatic carbocycles. The zero-order valence-corrected chi connectivity index (χ0v) is 12.4. The number of hydrogen-bond donors (Lipinski definition) is 1. The van der Waals surface area contributed by atoms with Crippen molar-refractivity contribution in [1.82, 2.24) is 5.32 Å². The Balaban J connectivity index is 2.00. The predicted octanol–water partition coefficient (Wildman–Crippen LogP) is 4.78. The number of nitrogens with one attached hydrogen (secondary N) is 1. The molecule has 0 bridgehead atoms. The lowest BCUT2D eigenvalue weighted by Crippen LogP contribution is -2.44. The van der Waals surface area contributed by atoms with E-state index in [1.54, 1.807) is 6.07 Å². The van der Waals surface area contributed by atoms with Crippen LogP contribution in [0.3, 0.4) is 0 Å². The summed E-state index contributed by atoms with van der Waals surface area (Å²) in [5.74, 6) is 0.589. The normalized spacial score (nSPS) is 27.4. The zero-order chi connectivity index (χ0) is 15.1. The molecule has 0 radical (unpaired) electrons. The van der Waals surface area contributed by atoms with E-state index in [-0.39, 0.29) is 5.54 Å². The maximum Gasteiger partial charge on any atom is 0.416 e. The molecule has 1 unspecified atom stereocenters. The summed E-state index contributed by atoms with van der Waals surface area (Å²) in [5, 5.41) is 3.69. The van der Waals surface area contributed by atoms with Crippen LogP contribution in [0.5, 0.6) is 0 Å². The van der Waals surface area contributed by atoms with Crippen molar-refractivity contribution in [3.8, 4) is 0 Å².